The molecule has 0 unspecified atom stereocenters. The molecule has 0 fully saturated rings. The molecule has 0 aromatic carbocycles. The molecule has 0 saturated carbocycles. The topological polar surface area (TPSA) is 96.9 Å². The average molecular weight is 222 g/mol. The van der Waals surface area contributed by atoms with Crippen LogP contribution in [0, 0.1) is 0 Å². The van der Waals surface area contributed by atoms with E-state index in [2.05, 4.69) is 20.3 Å². The molecular formula is C9H14N6O. The predicted molar refractivity (Wildman–Crippen MR) is 59.9 cm³/mol. The number of aromatic amines is 1. The van der Waals surface area contributed by atoms with Gasteiger partial charge in [-0.05, 0) is 19.0 Å². The zero-order valence-electron chi connectivity index (χ0n) is 9.27. The van der Waals surface area contributed by atoms with Crippen molar-refractivity contribution < 1.29 is 4.52 Å². The first-order chi connectivity index (χ1) is 7.76. The summed E-state index contributed by atoms with van der Waals surface area (Å²) in [6, 6.07) is 0. The Morgan fingerprint density at radius 1 is 1.44 bits per heavy atom. The summed E-state index contributed by atoms with van der Waals surface area (Å²) in [4.78, 5) is 6.25. The zero-order valence-corrected chi connectivity index (χ0v) is 9.27. The Kier molecular flexibility index (Phi) is 2.76. The molecule has 86 valence electrons. The zero-order chi connectivity index (χ0) is 11.5. The number of hydrogen-bond acceptors (Lipinski definition) is 6. The number of nitrogens with two attached hydrogens (primary N) is 1. The molecular weight excluding hydrogens is 208 g/mol. The quantitative estimate of drug-likeness (QED) is 0.797. The first-order valence-electron chi connectivity index (χ1n) is 5.14. The van der Waals surface area contributed by atoms with Crippen LogP contribution in [0.3, 0.4) is 0 Å². The maximum atomic E-state index is 5.66. The molecule has 2 aromatic heterocycles. The minimum atomic E-state index is 0.383. The van der Waals surface area contributed by atoms with E-state index in [0.29, 0.717) is 23.2 Å². The number of nitrogens with one attached hydrogen (secondary N) is 1. The van der Waals surface area contributed by atoms with Gasteiger partial charge in [-0.25, -0.2) is 0 Å². The number of anilines is 2. The predicted octanol–water partition coefficient (Wildman–Crippen LogP) is 0.888. The van der Waals surface area contributed by atoms with Crippen molar-refractivity contribution in [2.24, 2.45) is 0 Å². The maximum Gasteiger partial charge on any atom is 0.266 e. The lowest BCUT2D eigenvalue weighted by molar-refractivity contribution is 0.429. The maximum absolute atomic E-state index is 5.66. The molecule has 0 amide bonds. The molecule has 0 radical (unpaired) electrons. The van der Waals surface area contributed by atoms with Crippen LogP contribution in [0.15, 0.2) is 10.7 Å². The Labute approximate surface area is 92.6 Å². The highest BCUT2D eigenvalue weighted by atomic mass is 16.5. The van der Waals surface area contributed by atoms with Crippen molar-refractivity contribution in [2.45, 2.75) is 13.8 Å². The molecule has 2 rings (SSSR count). The molecule has 7 heteroatoms. The van der Waals surface area contributed by atoms with Gasteiger partial charge in [-0.2, -0.15) is 10.1 Å². The van der Waals surface area contributed by atoms with E-state index in [1.807, 2.05) is 18.7 Å². The molecule has 2 aromatic rings. The van der Waals surface area contributed by atoms with E-state index in [9.17, 15) is 0 Å². The van der Waals surface area contributed by atoms with Crippen LogP contribution in [0.4, 0.5) is 11.8 Å². The van der Waals surface area contributed by atoms with Crippen LogP contribution in [0.2, 0.25) is 0 Å². The fourth-order valence-electron chi connectivity index (χ4n) is 1.43. The monoisotopic (exact) mass is 222 g/mol. The van der Waals surface area contributed by atoms with Gasteiger partial charge in [0.25, 0.3) is 11.8 Å². The Bertz CT molecular complexity index is 458. The first-order valence-corrected chi connectivity index (χ1v) is 5.14. The van der Waals surface area contributed by atoms with Gasteiger partial charge < -0.3 is 15.2 Å². The lowest BCUT2D eigenvalue weighted by atomic mass is 10.3. The molecule has 2 heterocycles. The largest absolute Gasteiger partial charge is 0.383 e. The Morgan fingerprint density at radius 2 is 2.19 bits per heavy atom. The molecule has 7 nitrogen and oxygen atoms in total. The number of nitrogen functional groups attached to an aromatic ring is 1. The molecule has 16 heavy (non-hydrogen) atoms. The van der Waals surface area contributed by atoms with Crippen LogP contribution in [0.25, 0.3) is 11.5 Å². The third kappa shape index (κ3) is 1.71. The molecule has 0 spiro atoms. The Morgan fingerprint density at radius 3 is 2.75 bits per heavy atom. The fourth-order valence-corrected chi connectivity index (χ4v) is 1.43. The van der Waals surface area contributed by atoms with Crippen molar-refractivity contribution in [3.05, 3.63) is 6.20 Å². The van der Waals surface area contributed by atoms with Gasteiger partial charge in [0.1, 0.15) is 11.4 Å². The van der Waals surface area contributed by atoms with Crippen molar-refractivity contribution in [1.82, 2.24) is 20.3 Å². The third-order valence-electron chi connectivity index (χ3n) is 2.36. The molecule has 0 aliphatic rings. The second kappa shape index (κ2) is 4.21. The summed E-state index contributed by atoms with van der Waals surface area (Å²) in [6.07, 6.45) is 1.56. The molecule has 0 aliphatic heterocycles. The van der Waals surface area contributed by atoms with Crippen LogP contribution in [-0.4, -0.2) is 33.4 Å². The van der Waals surface area contributed by atoms with E-state index in [0.717, 1.165) is 13.1 Å². The van der Waals surface area contributed by atoms with Crippen molar-refractivity contribution in [3.63, 3.8) is 0 Å². The summed E-state index contributed by atoms with van der Waals surface area (Å²) in [5, 5.41) is 10.3. The number of aromatic nitrogens is 4. The normalized spacial score (nSPS) is 10.6. The van der Waals surface area contributed by atoms with Gasteiger partial charge in [-0.15, -0.1) is 0 Å². The number of hydrogen-bond donors (Lipinski definition) is 2. The smallest absolute Gasteiger partial charge is 0.266 e. The molecule has 0 aliphatic carbocycles. The highest BCUT2D eigenvalue weighted by Crippen LogP contribution is 2.23. The van der Waals surface area contributed by atoms with Gasteiger partial charge in [0.15, 0.2) is 0 Å². The van der Waals surface area contributed by atoms with Crippen molar-refractivity contribution in [2.75, 3.05) is 23.7 Å². The second-order valence-electron chi connectivity index (χ2n) is 3.27. The summed E-state index contributed by atoms with van der Waals surface area (Å²) in [5.74, 6) is 1.38. The van der Waals surface area contributed by atoms with Gasteiger partial charge >= 0.3 is 0 Å². The van der Waals surface area contributed by atoms with Crippen LogP contribution >= 0.6 is 0 Å². The summed E-state index contributed by atoms with van der Waals surface area (Å²) in [7, 11) is 0. The molecule has 3 N–H and O–H groups in total. The fraction of sp³-hybridized carbons (Fsp3) is 0.444. The van der Waals surface area contributed by atoms with E-state index >= 15 is 0 Å². The number of rotatable bonds is 4. The standard InChI is InChI=1S/C9H14N6O/c1-3-15(4-2)9-12-8(16-14-9)6-5-11-13-7(6)10/h5H,3-4H2,1-2H3,(H3,10,11,13). The highest BCUT2D eigenvalue weighted by molar-refractivity contribution is 5.66. The summed E-state index contributed by atoms with van der Waals surface area (Å²) < 4.78 is 5.13. The van der Waals surface area contributed by atoms with Crippen LogP contribution in [-0.2, 0) is 0 Å². The molecule has 0 bridgehead atoms. The van der Waals surface area contributed by atoms with Crippen molar-refractivity contribution in [3.8, 4) is 11.5 Å². The minimum absolute atomic E-state index is 0.383. The lowest BCUT2D eigenvalue weighted by Crippen LogP contribution is -2.22. The Hall–Kier alpha value is -2.05. The summed E-state index contributed by atoms with van der Waals surface area (Å²) in [5.41, 5.74) is 6.29. The van der Waals surface area contributed by atoms with E-state index in [4.69, 9.17) is 10.3 Å². The van der Waals surface area contributed by atoms with E-state index < -0.39 is 0 Å². The third-order valence-corrected chi connectivity index (χ3v) is 2.36. The number of H-pyrrole nitrogens is 1. The second-order valence-corrected chi connectivity index (χ2v) is 3.27. The van der Waals surface area contributed by atoms with Crippen molar-refractivity contribution >= 4 is 11.8 Å². The van der Waals surface area contributed by atoms with Gasteiger partial charge in [-0.1, -0.05) is 0 Å². The minimum Gasteiger partial charge on any atom is -0.383 e. The van der Waals surface area contributed by atoms with E-state index in [-0.39, 0.29) is 0 Å². The van der Waals surface area contributed by atoms with E-state index in [1.54, 1.807) is 6.20 Å². The summed E-state index contributed by atoms with van der Waals surface area (Å²) in [6.45, 7) is 5.73. The lowest BCUT2D eigenvalue weighted by Gasteiger charge is -2.14. The van der Waals surface area contributed by atoms with Gasteiger partial charge in [-0.3, -0.25) is 5.10 Å². The van der Waals surface area contributed by atoms with Crippen molar-refractivity contribution in [1.29, 1.82) is 0 Å². The van der Waals surface area contributed by atoms with Crippen LogP contribution < -0.4 is 10.6 Å². The first kappa shape index (κ1) is 10.5. The Balaban J connectivity index is 2.29. The number of nitrogens with zero attached hydrogens (tertiary/aromatic N) is 4. The van der Waals surface area contributed by atoms with Gasteiger partial charge in [0.2, 0.25) is 0 Å². The average Bonchev–Trinajstić information content (AvgIpc) is 2.89. The van der Waals surface area contributed by atoms with E-state index in [1.165, 1.54) is 0 Å². The van der Waals surface area contributed by atoms with Crippen LogP contribution in [0.1, 0.15) is 13.8 Å². The van der Waals surface area contributed by atoms with Gasteiger partial charge in [0, 0.05) is 13.1 Å². The van der Waals surface area contributed by atoms with Gasteiger partial charge in [0.05, 0.1) is 6.20 Å². The highest BCUT2D eigenvalue weighted by Gasteiger charge is 2.15. The molecule has 0 atom stereocenters. The SMILES string of the molecule is CCN(CC)c1noc(-c2cn[nH]c2N)n1. The summed E-state index contributed by atoms with van der Waals surface area (Å²) >= 11 is 0. The molecule has 0 saturated heterocycles. The van der Waals surface area contributed by atoms with Crippen LogP contribution in [0.5, 0.6) is 0 Å².